The number of pyridine rings is 1. The third kappa shape index (κ3) is 4.35. The quantitative estimate of drug-likeness (QED) is 0.645. The Morgan fingerprint density at radius 3 is 2.69 bits per heavy atom. The molecule has 8 nitrogen and oxygen atoms in total. The number of anilines is 2. The van der Waals surface area contributed by atoms with Crippen molar-refractivity contribution in [3.05, 3.63) is 59.9 Å². The number of ether oxygens (including phenoxy) is 2. The SMILES string of the molecule is CCOc1ccc(Nc2ncccc2C(=O)OCc2nnc(C)o2)cc1. The fraction of sp³-hybridized carbons (Fsp3) is 0.222. The van der Waals surface area contributed by atoms with Crippen LogP contribution in [0.25, 0.3) is 0 Å². The van der Waals surface area contributed by atoms with E-state index < -0.39 is 5.97 Å². The Bertz CT molecular complexity index is 877. The summed E-state index contributed by atoms with van der Waals surface area (Å²) < 4.78 is 15.8. The Morgan fingerprint density at radius 1 is 1.19 bits per heavy atom. The highest BCUT2D eigenvalue weighted by Gasteiger charge is 2.15. The molecular weight excluding hydrogens is 336 g/mol. The van der Waals surface area contributed by atoms with E-state index >= 15 is 0 Å². The first kappa shape index (κ1) is 17.4. The summed E-state index contributed by atoms with van der Waals surface area (Å²) in [6, 6.07) is 10.7. The van der Waals surface area contributed by atoms with Gasteiger partial charge in [-0.1, -0.05) is 0 Å². The van der Waals surface area contributed by atoms with E-state index in [1.165, 1.54) is 0 Å². The molecule has 1 N–H and O–H groups in total. The van der Waals surface area contributed by atoms with Gasteiger partial charge in [-0.25, -0.2) is 9.78 Å². The van der Waals surface area contributed by atoms with Crippen LogP contribution in [0, 0.1) is 6.92 Å². The number of rotatable bonds is 7. The highest BCUT2D eigenvalue weighted by atomic mass is 16.5. The average Bonchev–Trinajstić information content (AvgIpc) is 3.07. The zero-order valence-electron chi connectivity index (χ0n) is 14.4. The molecule has 0 amide bonds. The predicted octanol–water partition coefficient (Wildman–Crippen LogP) is 3.27. The maximum atomic E-state index is 12.4. The summed E-state index contributed by atoms with van der Waals surface area (Å²) in [5.41, 5.74) is 1.08. The zero-order valence-corrected chi connectivity index (χ0v) is 14.4. The van der Waals surface area contributed by atoms with E-state index in [-0.39, 0.29) is 12.5 Å². The minimum atomic E-state index is -0.539. The number of aryl methyl sites for hydroxylation is 1. The number of hydrogen-bond acceptors (Lipinski definition) is 8. The number of hydrogen-bond donors (Lipinski definition) is 1. The van der Waals surface area contributed by atoms with Crippen molar-refractivity contribution in [1.29, 1.82) is 0 Å². The number of carbonyl (C=O) groups excluding carboxylic acids is 1. The Kier molecular flexibility index (Phi) is 5.43. The van der Waals surface area contributed by atoms with Crippen molar-refractivity contribution >= 4 is 17.5 Å². The number of aromatic nitrogens is 3. The minimum absolute atomic E-state index is 0.100. The van der Waals surface area contributed by atoms with Crippen LogP contribution in [-0.2, 0) is 11.3 Å². The Labute approximate surface area is 150 Å². The van der Waals surface area contributed by atoms with Crippen LogP contribution in [0.15, 0.2) is 47.0 Å². The number of nitrogens with one attached hydrogen (secondary N) is 1. The number of nitrogens with zero attached hydrogens (tertiary/aromatic N) is 3. The molecule has 0 aliphatic heterocycles. The van der Waals surface area contributed by atoms with Gasteiger partial charge >= 0.3 is 5.97 Å². The van der Waals surface area contributed by atoms with E-state index in [0.29, 0.717) is 23.9 Å². The van der Waals surface area contributed by atoms with Crippen LogP contribution in [-0.4, -0.2) is 27.8 Å². The first-order valence-corrected chi connectivity index (χ1v) is 8.06. The normalized spacial score (nSPS) is 10.4. The summed E-state index contributed by atoms with van der Waals surface area (Å²) in [5.74, 6) is 1.27. The molecule has 2 aromatic heterocycles. The Hall–Kier alpha value is -3.42. The third-order valence-electron chi connectivity index (χ3n) is 3.35. The van der Waals surface area contributed by atoms with E-state index in [1.807, 2.05) is 31.2 Å². The highest BCUT2D eigenvalue weighted by molar-refractivity contribution is 5.95. The molecule has 2 heterocycles. The minimum Gasteiger partial charge on any atom is -0.494 e. The van der Waals surface area contributed by atoms with Gasteiger partial charge in [0.05, 0.1) is 6.61 Å². The molecule has 3 aromatic rings. The molecule has 1 aromatic carbocycles. The molecular formula is C18H18N4O4. The van der Waals surface area contributed by atoms with E-state index in [0.717, 1.165) is 11.4 Å². The second-order valence-corrected chi connectivity index (χ2v) is 5.27. The molecule has 3 rings (SSSR count). The van der Waals surface area contributed by atoms with Crippen LogP contribution < -0.4 is 10.1 Å². The van der Waals surface area contributed by atoms with Gasteiger partial charge in [0, 0.05) is 18.8 Å². The molecule has 0 saturated carbocycles. The first-order chi connectivity index (χ1) is 12.7. The van der Waals surface area contributed by atoms with Gasteiger partial charge in [-0.3, -0.25) is 0 Å². The lowest BCUT2D eigenvalue weighted by Gasteiger charge is -2.11. The van der Waals surface area contributed by atoms with Gasteiger partial charge in [0.2, 0.25) is 5.89 Å². The first-order valence-electron chi connectivity index (χ1n) is 8.06. The zero-order chi connectivity index (χ0) is 18.4. The topological polar surface area (TPSA) is 99.4 Å². The average molecular weight is 354 g/mol. The molecule has 8 heteroatoms. The van der Waals surface area contributed by atoms with Gasteiger partial charge in [-0.05, 0) is 43.3 Å². The molecule has 134 valence electrons. The number of esters is 1. The molecule has 0 aliphatic rings. The van der Waals surface area contributed by atoms with Crippen LogP contribution in [0.2, 0.25) is 0 Å². The maximum absolute atomic E-state index is 12.4. The van der Waals surface area contributed by atoms with Gasteiger partial charge in [0.25, 0.3) is 5.89 Å². The molecule has 0 bridgehead atoms. The summed E-state index contributed by atoms with van der Waals surface area (Å²) in [7, 11) is 0. The molecule has 0 saturated heterocycles. The van der Waals surface area contributed by atoms with Gasteiger partial charge in [-0.2, -0.15) is 0 Å². The maximum Gasteiger partial charge on any atom is 0.342 e. The third-order valence-corrected chi connectivity index (χ3v) is 3.35. The predicted molar refractivity (Wildman–Crippen MR) is 93.3 cm³/mol. The van der Waals surface area contributed by atoms with Crippen molar-refractivity contribution in [2.45, 2.75) is 20.5 Å². The van der Waals surface area contributed by atoms with Gasteiger partial charge < -0.3 is 19.2 Å². The lowest BCUT2D eigenvalue weighted by atomic mass is 10.2. The van der Waals surface area contributed by atoms with Crippen molar-refractivity contribution in [3.8, 4) is 5.75 Å². The highest BCUT2D eigenvalue weighted by Crippen LogP contribution is 2.22. The summed E-state index contributed by atoms with van der Waals surface area (Å²) in [6.45, 7) is 4.09. The van der Waals surface area contributed by atoms with Gasteiger partial charge in [0.15, 0.2) is 6.61 Å². The lowest BCUT2D eigenvalue weighted by Crippen LogP contribution is -2.09. The Morgan fingerprint density at radius 2 is 2.00 bits per heavy atom. The largest absolute Gasteiger partial charge is 0.494 e. The van der Waals surface area contributed by atoms with Crippen molar-refractivity contribution in [3.63, 3.8) is 0 Å². The number of benzene rings is 1. The van der Waals surface area contributed by atoms with Gasteiger partial charge in [0.1, 0.15) is 17.1 Å². The van der Waals surface area contributed by atoms with Crippen LogP contribution in [0.3, 0.4) is 0 Å². The van der Waals surface area contributed by atoms with E-state index in [4.69, 9.17) is 13.9 Å². The van der Waals surface area contributed by atoms with Crippen LogP contribution >= 0.6 is 0 Å². The standard InChI is InChI=1S/C18H18N4O4/c1-3-24-14-8-6-13(7-9-14)20-17-15(5-4-10-19-17)18(23)25-11-16-22-21-12(2)26-16/h4-10H,3,11H2,1-2H3,(H,19,20). The Balaban J connectivity index is 1.69. The van der Waals surface area contributed by atoms with Crippen molar-refractivity contribution in [2.24, 2.45) is 0 Å². The summed E-state index contributed by atoms with van der Waals surface area (Å²) in [4.78, 5) is 16.6. The molecule has 0 radical (unpaired) electrons. The summed E-state index contributed by atoms with van der Waals surface area (Å²) in [5, 5.41) is 10.6. The monoisotopic (exact) mass is 354 g/mol. The molecule has 0 spiro atoms. The molecule has 0 unspecified atom stereocenters. The summed E-state index contributed by atoms with van der Waals surface area (Å²) >= 11 is 0. The lowest BCUT2D eigenvalue weighted by molar-refractivity contribution is 0.0437. The van der Waals surface area contributed by atoms with E-state index in [1.54, 1.807) is 25.3 Å². The fourth-order valence-electron chi connectivity index (χ4n) is 2.21. The van der Waals surface area contributed by atoms with Gasteiger partial charge in [-0.15, -0.1) is 10.2 Å². The fourth-order valence-corrected chi connectivity index (χ4v) is 2.21. The van der Waals surface area contributed by atoms with Crippen LogP contribution in [0.4, 0.5) is 11.5 Å². The van der Waals surface area contributed by atoms with E-state index in [9.17, 15) is 4.79 Å². The van der Waals surface area contributed by atoms with Crippen molar-refractivity contribution < 1.29 is 18.7 Å². The van der Waals surface area contributed by atoms with Crippen molar-refractivity contribution in [1.82, 2.24) is 15.2 Å². The van der Waals surface area contributed by atoms with Crippen LogP contribution in [0.1, 0.15) is 29.1 Å². The molecule has 0 fully saturated rings. The molecule has 26 heavy (non-hydrogen) atoms. The molecule has 0 aliphatic carbocycles. The smallest absolute Gasteiger partial charge is 0.342 e. The number of carbonyl (C=O) groups is 1. The second-order valence-electron chi connectivity index (χ2n) is 5.27. The summed E-state index contributed by atoms with van der Waals surface area (Å²) in [6.07, 6.45) is 1.59. The van der Waals surface area contributed by atoms with Crippen LogP contribution in [0.5, 0.6) is 5.75 Å². The van der Waals surface area contributed by atoms with Crippen molar-refractivity contribution in [2.75, 3.05) is 11.9 Å². The van der Waals surface area contributed by atoms with E-state index in [2.05, 4.69) is 20.5 Å². The second kappa shape index (κ2) is 8.11. The molecule has 0 atom stereocenters.